The quantitative estimate of drug-likeness (QED) is 0.893. The SMILES string of the molecule is Cc1ccc(S(=O)(=O)/C=C/C(O)CC(C)C)cc1. The minimum atomic E-state index is -3.45. The second kappa shape index (κ2) is 6.16. The summed E-state index contributed by atoms with van der Waals surface area (Å²) in [6.07, 6.45) is 1.18. The van der Waals surface area contributed by atoms with Crippen molar-refractivity contribution in [1.29, 1.82) is 0 Å². The fraction of sp³-hybridized carbons (Fsp3) is 0.429. The summed E-state index contributed by atoms with van der Waals surface area (Å²) in [5.41, 5.74) is 1.01. The Labute approximate surface area is 109 Å². The van der Waals surface area contributed by atoms with E-state index in [1.54, 1.807) is 24.3 Å². The van der Waals surface area contributed by atoms with Crippen molar-refractivity contribution in [3.63, 3.8) is 0 Å². The van der Waals surface area contributed by atoms with Gasteiger partial charge in [-0.3, -0.25) is 0 Å². The molecular weight excluding hydrogens is 248 g/mol. The van der Waals surface area contributed by atoms with E-state index in [0.29, 0.717) is 12.3 Å². The molecule has 1 N–H and O–H groups in total. The van der Waals surface area contributed by atoms with Crippen molar-refractivity contribution >= 4 is 9.84 Å². The largest absolute Gasteiger partial charge is 0.389 e. The second-order valence-corrected chi connectivity index (χ2v) is 6.72. The van der Waals surface area contributed by atoms with Crippen LogP contribution >= 0.6 is 0 Å². The number of aliphatic hydroxyl groups excluding tert-OH is 1. The Hall–Kier alpha value is -1.13. The molecule has 100 valence electrons. The third-order valence-corrected chi connectivity index (χ3v) is 3.99. The summed E-state index contributed by atoms with van der Waals surface area (Å²) in [4.78, 5) is 0.251. The van der Waals surface area contributed by atoms with Crippen LogP contribution in [0.5, 0.6) is 0 Å². The lowest BCUT2D eigenvalue weighted by Crippen LogP contribution is -2.07. The van der Waals surface area contributed by atoms with E-state index in [1.807, 2.05) is 20.8 Å². The van der Waals surface area contributed by atoms with Gasteiger partial charge >= 0.3 is 0 Å². The molecule has 0 aliphatic heterocycles. The molecule has 1 unspecified atom stereocenters. The van der Waals surface area contributed by atoms with Gasteiger partial charge in [-0.05, 0) is 37.5 Å². The Kier molecular flexibility index (Phi) is 5.11. The number of aryl methyl sites for hydroxylation is 1. The van der Waals surface area contributed by atoms with Gasteiger partial charge in [0.1, 0.15) is 0 Å². The summed E-state index contributed by atoms with van der Waals surface area (Å²) in [6.45, 7) is 5.86. The van der Waals surface area contributed by atoms with Gasteiger partial charge < -0.3 is 5.11 Å². The van der Waals surface area contributed by atoms with Gasteiger partial charge in [0.25, 0.3) is 0 Å². The van der Waals surface area contributed by atoms with E-state index in [4.69, 9.17) is 0 Å². The zero-order chi connectivity index (χ0) is 13.8. The van der Waals surface area contributed by atoms with Crippen LogP contribution in [0.15, 0.2) is 40.6 Å². The molecule has 0 saturated heterocycles. The van der Waals surface area contributed by atoms with Gasteiger partial charge in [-0.2, -0.15) is 0 Å². The Morgan fingerprint density at radius 2 is 1.78 bits per heavy atom. The van der Waals surface area contributed by atoms with Gasteiger partial charge in [0.05, 0.1) is 11.0 Å². The first-order valence-electron chi connectivity index (χ1n) is 5.99. The van der Waals surface area contributed by atoms with Crippen LogP contribution in [0, 0.1) is 12.8 Å². The zero-order valence-electron chi connectivity index (χ0n) is 11.0. The van der Waals surface area contributed by atoms with E-state index in [1.165, 1.54) is 6.08 Å². The maximum Gasteiger partial charge on any atom is 0.199 e. The van der Waals surface area contributed by atoms with Crippen LogP contribution in [0.25, 0.3) is 0 Å². The Morgan fingerprint density at radius 3 is 2.28 bits per heavy atom. The molecular formula is C14H20O3S. The third kappa shape index (κ3) is 4.63. The highest BCUT2D eigenvalue weighted by Gasteiger charge is 2.11. The van der Waals surface area contributed by atoms with E-state index < -0.39 is 15.9 Å². The van der Waals surface area contributed by atoms with E-state index >= 15 is 0 Å². The Morgan fingerprint density at radius 1 is 1.22 bits per heavy atom. The average Bonchev–Trinajstić information content (AvgIpc) is 2.26. The molecule has 0 aliphatic carbocycles. The molecule has 0 spiro atoms. The van der Waals surface area contributed by atoms with E-state index in [-0.39, 0.29) is 4.90 Å². The number of benzene rings is 1. The lowest BCUT2D eigenvalue weighted by molar-refractivity contribution is 0.195. The van der Waals surface area contributed by atoms with Crippen LogP contribution < -0.4 is 0 Å². The summed E-state index contributed by atoms with van der Waals surface area (Å²) in [5, 5.41) is 10.7. The highest BCUT2D eigenvalue weighted by molar-refractivity contribution is 7.94. The van der Waals surface area contributed by atoms with Crippen LogP contribution in [0.4, 0.5) is 0 Å². The van der Waals surface area contributed by atoms with Gasteiger partial charge in [0, 0.05) is 5.41 Å². The van der Waals surface area contributed by atoms with Crippen molar-refractivity contribution in [1.82, 2.24) is 0 Å². The first-order valence-corrected chi connectivity index (χ1v) is 7.54. The van der Waals surface area contributed by atoms with Crippen molar-refractivity contribution in [3.8, 4) is 0 Å². The number of aliphatic hydroxyl groups is 1. The van der Waals surface area contributed by atoms with Crippen molar-refractivity contribution < 1.29 is 13.5 Å². The van der Waals surface area contributed by atoms with Crippen molar-refractivity contribution in [2.75, 3.05) is 0 Å². The van der Waals surface area contributed by atoms with Crippen LogP contribution in [-0.4, -0.2) is 19.6 Å². The summed E-state index contributed by atoms with van der Waals surface area (Å²) >= 11 is 0. The summed E-state index contributed by atoms with van der Waals surface area (Å²) in [5.74, 6) is 0.326. The van der Waals surface area contributed by atoms with Crippen molar-refractivity contribution in [3.05, 3.63) is 41.3 Å². The van der Waals surface area contributed by atoms with Crippen LogP contribution in [0.3, 0.4) is 0 Å². The standard InChI is InChI=1S/C14H20O3S/c1-11(2)10-13(15)8-9-18(16,17)14-6-4-12(3)5-7-14/h4-9,11,13,15H,10H2,1-3H3/b9-8+. The lowest BCUT2D eigenvalue weighted by atomic mass is 10.1. The molecule has 1 aromatic rings. The Bertz CT molecular complexity index is 498. The topological polar surface area (TPSA) is 54.4 Å². The van der Waals surface area contributed by atoms with E-state index in [9.17, 15) is 13.5 Å². The number of hydrogen-bond acceptors (Lipinski definition) is 3. The first kappa shape index (κ1) is 14.9. The minimum Gasteiger partial charge on any atom is -0.389 e. The molecule has 0 radical (unpaired) electrons. The molecule has 0 saturated carbocycles. The summed E-state index contributed by atoms with van der Waals surface area (Å²) < 4.78 is 23.9. The highest BCUT2D eigenvalue weighted by atomic mass is 32.2. The zero-order valence-corrected chi connectivity index (χ0v) is 11.8. The smallest absolute Gasteiger partial charge is 0.199 e. The molecule has 0 aliphatic rings. The van der Waals surface area contributed by atoms with E-state index in [0.717, 1.165) is 11.0 Å². The third-order valence-electron chi connectivity index (χ3n) is 2.54. The van der Waals surface area contributed by atoms with Crippen LogP contribution in [0.1, 0.15) is 25.8 Å². The van der Waals surface area contributed by atoms with Crippen molar-refractivity contribution in [2.24, 2.45) is 5.92 Å². The molecule has 0 aromatic heterocycles. The number of sulfone groups is 1. The van der Waals surface area contributed by atoms with Crippen LogP contribution in [0.2, 0.25) is 0 Å². The molecule has 0 fully saturated rings. The van der Waals surface area contributed by atoms with E-state index in [2.05, 4.69) is 0 Å². The molecule has 0 bridgehead atoms. The molecule has 18 heavy (non-hydrogen) atoms. The number of hydrogen-bond donors (Lipinski definition) is 1. The van der Waals surface area contributed by atoms with Gasteiger partial charge in [-0.25, -0.2) is 8.42 Å². The van der Waals surface area contributed by atoms with Gasteiger partial charge in [0.15, 0.2) is 9.84 Å². The lowest BCUT2D eigenvalue weighted by Gasteiger charge is -2.08. The maximum absolute atomic E-state index is 11.9. The molecule has 0 heterocycles. The fourth-order valence-corrected chi connectivity index (χ4v) is 2.62. The van der Waals surface area contributed by atoms with Gasteiger partial charge in [-0.1, -0.05) is 31.5 Å². The van der Waals surface area contributed by atoms with Crippen molar-refractivity contribution in [2.45, 2.75) is 38.2 Å². The van der Waals surface area contributed by atoms with Crippen LogP contribution in [-0.2, 0) is 9.84 Å². The molecule has 1 rings (SSSR count). The Balaban J connectivity index is 2.82. The average molecular weight is 268 g/mol. The van der Waals surface area contributed by atoms with Gasteiger partial charge in [0.2, 0.25) is 0 Å². The fourth-order valence-electron chi connectivity index (χ4n) is 1.56. The number of rotatable bonds is 5. The predicted octanol–water partition coefficient (Wildman–Crippen LogP) is 2.69. The normalized spacial score (nSPS) is 14.3. The monoisotopic (exact) mass is 268 g/mol. The molecule has 1 atom stereocenters. The first-order chi connectivity index (χ1) is 8.31. The molecule has 0 amide bonds. The maximum atomic E-state index is 11.9. The molecule has 4 heteroatoms. The summed E-state index contributed by atoms with van der Waals surface area (Å²) in [6, 6.07) is 6.66. The second-order valence-electron chi connectivity index (χ2n) is 4.88. The highest BCUT2D eigenvalue weighted by Crippen LogP contribution is 2.14. The molecule has 3 nitrogen and oxygen atoms in total. The minimum absolute atomic E-state index is 0.251. The predicted molar refractivity (Wildman–Crippen MR) is 73.0 cm³/mol. The van der Waals surface area contributed by atoms with Gasteiger partial charge in [-0.15, -0.1) is 0 Å². The summed E-state index contributed by atoms with van der Waals surface area (Å²) in [7, 11) is -3.45. The molecule has 1 aromatic carbocycles.